The molecule has 9 rings (SSSR count). The third-order valence-electron chi connectivity index (χ3n) is 9.47. The minimum absolute atomic E-state index is 0. The molecule has 0 atom stereocenters. The standard InChI is InChI=1S/C44H20Br8N4.Ni/c45-29-31(47)39-26(22-15-7-2-8-16-22)41-33(49)35(51)43(55-41)28(24-19-11-4-12-20-24)44-36(52)34(50)42(56-44)27(23-17-9-3-10-18-23)40-32(48)30(46)38(54-40)25(37(29)53-39)21-13-5-1-6-14-21;/h1-20H;/q-2;+2. The summed E-state index contributed by atoms with van der Waals surface area (Å²) < 4.78 is 6.30. The average Bonchev–Trinajstić information content (AvgIpc) is 3.89. The molecule has 4 nitrogen and oxygen atoms in total. The van der Waals surface area contributed by atoms with Crippen LogP contribution in [0.5, 0.6) is 0 Å². The van der Waals surface area contributed by atoms with Crippen molar-refractivity contribution in [3.05, 3.63) is 162 Å². The number of hydrogen-bond donors (Lipinski definition) is 0. The second-order valence-corrected chi connectivity index (χ2v) is 19.1. The SMILES string of the molecule is BrC1=C(Br)c2nc1c(-c1ccccc1)c1[n-]c(c(Br)c1Br)c(-c1ccccc1)c1nc(c(-c3ccccc3)c3[n-]c(c(Br)c3Br)c2-c2ccccc2)C(Br)=C1Br.[Ni+2]. The fourth-order valence-electron chi connectivity index (χ4n) is 6.96. The molecule has 3 aromatic heterocycles. The molecule has 0 saturated carbocycles. The van der Waals surface area contributed by atoms with E-state index in [9.17, 15) is 0 Å². The molecule has 5 heterocycles. The van der Waals surface area contributed by atoms with Crippen molar-refractivity contribution in [1.29, 1.82) is 0 Å². The molecule has 7 aromatic rings. The molecule has 8 bridgehead atoms. The Kier molecular flexibility index (Phi) is 12.4. The fraction of sp³-hybridized carbons (Fsp3) is 0. The largest absolute Gasteiger partial charge is 2.00 e. The van der Waals surface area contributed by atoms with E-state index in [-0.39, 0.29) is 16.5 Å². The third-order valence-corrected chi connectivity index (χ3v) is 17.8. The van der Waals surface area contributed by atoms with E-state index >= 15 is 0 Å². The van der Waals surface area contributed by atoms with E-state index in [0.717, 1.165) is 80.3 Å². The summed E-state index contributed by atoms with van der Waals surface area (Å²) in [6, 6.07) is 40.9. The van der Waals surface area contributed by atoms with Crippen molar-refractivity contribution in [1.82, 2.24) is 19.9 Å². The number of aromatic nitrogens is 4. The Hall–Kier alpha value is -2.19. The van der Waals surface area contributed by atoms with Gasteiger partial charge in [-0.15, -0.1) is 22.1 Å². The zero-order chi connectivity index (χ0) is 38.8. The summed E-state index contributed by atoms with van der Waals surface area (Å²) in [4.78, 5) is 22.0. The van der Waals surface area contributed by atoms with Gasteiger partial charge in [0.2, 0.25) is 0 Å². The van der Waals surface area contributed by atoms with Crippen molar-refractivity contribution in [2.24, 2.45) is 0 Å². The van der Waals surface area contributed by atoms with E-state index in [0.29, 0.717) is 44.8 Å². The molecule has 0 fully saturated rings. The van der Waals surface area contributed by atoms with Crippen LogP contribution >= 0.6 is 127 Å². The smallest absolute Gasteiger partial charge is 0.655 e. The summed E-state index contributed by atoms with van der Waals surface area (Å²) in [5, 5.41) is 0. The molecular formula is C44H20Br8N4Ni. The van der Waals surface area contributed by atoms with E-state index in [2.05, 4.69) is 176 Å². The van der Waals surface area contributed by atoms with Crippen molar-refractivity contribution in [2.75, 3.05) is 0 Å². The zero-order valence-corrected chi connectivity index (χ0v) is 42.4. The summed E-state index contributed by atoms with van der Waals surface area (Å²) in [7, 11) is 0. The minimum Gasteiger partial charge on any atom is -0.655 e. The maximum atomic E-state index is 5.50. The second kappa shape index (κ2) is 17.1. The molecule has 13 heteroatoms. The fourth-order valence-corrected chi connectivity index (χ4v) is 10.8. The number of hydrogen-bond acceptors (Lipinski definition) is 2. The first-order valence-corrected chi connectivity index (χ1v) is 23.3. The van der Waals surface area contributed by atoms with Gasteiger partial charge >= 0.3 is 16.5 Å². The Bertz CT molecular complexity index is 2580. The van der Waals surface area contributed by atoms with Gasteiger partial charge in [-0.25, -0.2) is 9.97 Å². The molecule has 0 spiro atoms. The van der Waals surface area contributed by atoms with E-state index in [1.165, 1.54) is 0 Å². The van der Waals surface area contributed by atoms with Crippen LogP contribution in [0.4, 0.5) is 0 Å². The van der Waals surface area contributed by atoms with Gasteiger partial charge in [-0.2, -0.15) is 0 Å². The van der Waals surface area contributed by atoms with Crippen LogP contribution in [0.25, 0.3) is 84.5 Å². The first-order chi connectivity index (χ1) is 27.2. The molecule has 0 N–H and O–H groups in total. The van der Waals surface area contributed by atoms with Crippen LogP contribution < -0.4 is 9.97 Å². The number of rotatable bonds is 4. The molecular weight excluding hydrogens is 1280 g/mol. The molecule has 2 aliphatic heterocycles. The molecule has 0 saturated heterocycles. The Labute approximate surface area is 405 Å². The summed E-state index contributed by atoms with van der Waals surface area (Å²) in [5.41, 5.74) is 12.9. The van der Waals surface area contributed by atoms with Gasteiger partial charge in [-0.3, -0.25) is 0 Å². The van der Waals surface area contributed by atoms with Crippen LogP contribution in [0.2, 0.25) is 0 Å². The van der Waals surface area contributed by atoms with Crippen molar-refractivity contribution in [3.63, 3.8) is 0 Å². The molecule has 0 unspecified atom stereocenters. The van der Waals surface area contributed by atoms with E-state index in [4.69, 9.17) is 19.9 Å². The van der Waals surface area contributed by atoms with Crippen LogP contribution in [-0.4, -0.2) is 9.97 Å². The van der Waals surface area contributed by atoms with Crippen LogP contribution in [0.1, 0.15) is 22.8 Å². The molecule has 0 amide bonds. The first kappa shape index (κ1) is 41.5. The zero-order valence-electron chi connectivity index (χ0n) is 28.7. The van der Waals surface area contributed by atoms with Crippen LogP contribution in [0.15, 0.2) is 139 Å². The van der Waals surface area contributed by atoms with E-state index in [1.54, 1.807) is 0 Å². The van der Waals surface area contributed by atoms with Gasteiger partial charge in [-0.1, -0.05) is 185 Å². The minimum atomic E-state index is 0. The van der Waals surface area contributed by atoms with E-state index in [1.807, 2.05) is 72.8 Å². The van der Waals surface area contributed by atoms with Gasteiger partial charge in [0.15, 0.2) is 0 Å². The molecule has 4 aromatic carbocycles. The Balaban J connectivity index is 0.00000455. The summed E-state index contributed by atoms with van der Waals surface area (Å²) in [5.74, 6) is 0. The van der Waals surface area contributed by atoms with Crippen LogP contribution in [0.3, 0.4) is 0 Å². The predicted octanol–water partition coefficient (Wildman–Crippen LogP) is 16.5. The Morgan fingerprint density at radius 1 is 0.298 bits per heavy atom. The first-order valence-electron chi connectivity index (χ1n) is 16.9. The van der Waals surface area contributed by atoms with Gasteiger partial charge in [0.05, 0.1) is 40.7 Å². The Morgan fingerprint density at radius 2 is 0.491 bits per heavy atom. The van der Waals surface area contributed by atoms with Crippen LogP contribution in [0, 0.1) is 0 Å². The van der Waals surface area contributed by atoms with Gasteiger partial charge in [0.25, 0.3) is 0 Å². The van der Waals surface area contributed by atoms with Gasteiger partial charge in [-0.05, 0) is 108 Å². The van der Waals surface area contributed by atoms with Gasteiger partial charge < -0.3 is 9.97 Å². The third kappa shape index (κ3) is 7.18. The molecule has 0 radical (unpaired) electrons. The number of halogens is 8. The normalized spacial score (nSPS) is 12.6. The van der Waals surface area contributed by atoms with Gasteiger partial charge in [0, 0.05) is 17.9 Å². The molecule has 2 aliphatic rings. The second-order valence-electron chi connectivity index (χ2n) is 12.7. The van der Waals surface area contributed by atoms with Crippen molar-refractivity contribution in [3.8, 4) is 44.5 Å². The number of benzene rings is 4. The number of fused-ring (bicyclic) bond motifs is 8. The summed E-state index contributed by atoms with van der Waals surface area (Å²) in [6.07, 6.45) is 0. The topological polar surface area (TPSA) is 54.0 Å². The number of nitrogens with zero attached hydrogens (tertiary/aromatic N) is 4. The quantitative estimate of drug-likeness (QED) is 0.165. The average molecular weight is 1300 g/mol. The van der Waals surface area contributed by atoms with E-state index < -0.39 is 0 Å². The summed E-state index contributed by atoms with van der Waals surface area (Å²) in [6.45, 7) is 0. The van der Waals surface area contributed by atoms with Crippen molar-refractivity contribution in [2.45, 2.75) is 0 Å². The molecule has 0 aliphatic carbocycles. The van der Waals surface area contributed by atoms with Crippen LogP contribution in [-0.2, 0) is 16.5 Å². The predicted molar refractivity (Wildman–Crippen MR) is 261 cm³/mol. The monoisotopic (exact) mass is 1290 g/mol. The Morgan fingerprint density at radius 3 is 0.684 bits per heavy atom. The molecule has 57 heavy (non-hydrogen) atoms. The van der Waals surface area contributed by atoms with Crippen molar-refractivity contribution < 1.29 is 16.5 Å². The summed E-state index contributed by atoms with van der Waals surface area (Å²) >= 11 is 31.9. The van der Waals surface area contributed by atoms with Gasteiger partial charge in [0.1, 0.15) is 0 Å². The maximum Gasteiger partial charge on any atom is 2.00 e. The molecule has 282 valence electrons. The van der Waals surface area contributed by atoms with Crippen molar-refractivity contribution >= 4 is 167 Å². The maximum absolute atomic E-state index is 5.50.